The monoisotopic (exact) mass is 899 g/mol. The van der Waals surface area contributed by atoms with Crippen molar-refractivity contribution in [2.45, 2.75) is 225 Å². The van der Waals surface area contributed by atoms with Crippen LogP contribution in [0.4, 0.5) is 10.5 Å². The minimum atomic E-state index is -3.12. The molecule has 0 aliphatic rings. The first-order valence-corrected chi connectivity index (χ1v) is 24.9. The minimum absolute atomic E-state index is 0.122. The van der Waals surface area contributed by atoms with Crippen LogP contribution in [0.2, 0.25) is 0 Å². The molecule has 0 radical (unpaired) electrons. The third-order valence-electron chi connectivity index (χ3n) is 11.4. The molecule has 1 aromatic rings. The van der Waals surface area contributed by atoms with Gasteiger partial charge in [0.15, 0.2) is 35.2 Å². The molecule has 0 fully saturated rings. The summed E-state index contributed by atoms with van der Waals surface area (Å²) in [5.41, 5.74) is -2.61. The van der Waals surface area contributed by atoms with Gasteiger partial charge in [0.05, 0.1) is 6.04 Å². The molecule has 0 spiro atoms. The van der Waals surface area contributed by atoms with Crippen molar-refractivity contribution in [3.05, 3.63) is 29.8 Å². The Bertz CT molecular complexity index is 1330. The molecule has 12 heteroatoms. The van der Waals surface area contributed by atoms with Gasteiger partial charge < -0.3 is 30.3 Å². The van der Waals surface area contributed by atoms with Gasteiger partial charge >= 0.3 is 6.09 Å². The lowest BCUT2D eigenvalue weighted by molar-refractivity contribution is -0.182. The molecule has 0 aliphatic heterocycles. The van der Waals surface area contributed by atoms with Gasteiger partial charge in [0.25, 0.3) is 0 Å². The predicted octanol–water partition coefficient (Wildman–Crippen LogP) is 11.0. The number of hydrogen-bond acceptors (Lipinski definition) is 9. The number of rotatable bonds is 38. The molecule has 1 aromatic carbocycles. The number of carbonyl (C=O) groups is 4. The second-order valence-corrected chi connectivity index (χ2v) is 18.7. The van der Waals surface area contributed by atoms with Crippen LogP contribution in [0.1, 0.15) is 194 Å². The zero-order chi connectivity index (χ0) is 45.5. The molecule has 0 saturated carbocycles. The van der Waals surface area contributed by atoms with Gasteiger partial charge in [-0.15, -0.1) is 23.2 Å². The fraction of sp³-hybridized carbons (Fsp3) is 0.796. The molecule has 4 unspecified atom stereocenters. The molecule has 10 nitrogen and oxygen atoms in total. The molecule has 0 heterocycles. The van der Waals surface area contributed by atoms with E-state index in [1.807, 2.05) is 17.0 Å². The molecular formula is C49H84Cl2N2O8. The van der Waals surface area contributed by atoms with Gasteiger partial charge in [0.1, 0.15) is 5.60 Å². The van der Waals surface area contributed by atoms with Crippen molar-refractivity contribution in [2.75, 3.05) is 29.7 Å². The number of nitrogens with zero attached hydrogens (tertiary/aromatic N) is 1. The van der Waals surface area contributed by atoms with Crippen LogP contribution >= 0.6 is 23.2 Å². The number of anilines is 1. The maximum absolute atomic E-state index is 14.3. The number of aliphatic hydroxyl groups excluding tert-OH is 2. The number of amides is 1. The van der Waals surface area contributed by atoms with E-state index >= 15 is 0 Å². The van der Waals surface area contributed by atoms with Crippen molar-refractivity contribution in [1.29, 1.82) is 0 Å². The van der Waals surface area contributed by atoms with E-state index in [0.717, 1.165) is 57.1 Å². The van der Waals surface area contributed by atoms with E-state index in [0.29, 0.717) is 49.7 Å². The average molecular weight is 900 g/mol. The Labute approximate surface area is 379 Å². The summed E-state index contributed by atoms with van der Waals surface area (Å²) in [6.07, 6.45) is 16.7. The SMILES string of the molecule is CCCCCCCCCCCCCC(=O)C(O)C(O)(C(=O)CCCCCCCCCCCCC)C(O)C(=O)C(Cc1ccc(N(CCCl)CCCl)cc1)NC(=O)OC(C)(C)C. The van der Waals surface area contributed by atoms with Crippen molar-refractivity contribution in [3.8, 4) is 0 Å². The van der Waals surface area contributed by atoms with Crippen molar-refractivity contribution in [1.82, 2.24) is 5.32 Å². The Hall–Kier alpha value is -2.24. The standard InChI is InChI=1S/C49H84Cl2N2O8/c1-6-8-10-12-14-16-18-20-22-24-26-28-42(54)45(57)49(60,43(55)29-27-25-23-21-19-17-15-13-11-9-7-2)46(58)44(56)41(52-47(59)61-48(3,4)5)38-39-30-32-40(33-31-39)53(36-34-50)37-35-51/h30-33,41,45-46,57-58,60H,6-29,34-38H2,1-5H3,(H,52,59). The number of nitrogens with one attached hydrogen (secondary N) is 1. The number of halogens is 2. The number of aliphatic hydroxyl groups is 3. The van der Waals surface area contributed by atoms with Crippen LogP contribution in [-0.4, -0.2) is 93.1 Å². The molecule has 1 rings (SSSR count). The first kappa shape index (κ1) is 56.8. The molecule has 0 aliphatic carbocycles. The summed E-state index contributed by atoms with van der Waals surface area (Å²) in [4.78, 5) is 56.9. The first-order chi connectivity index (χ1) is 29.2. The Morgan fingerprint density at radius 2 is 1.05 bits per heavy atom. The van der Waals surface area contributed by atoms with Gasteiger partial charge in [-0.1, -0.05) is 154 Å². The molecule has 4 N–H and O–H groups in total. The van der Waals surface area contributed by atoms with E-state index in [4.69, 9.17) is 27.9 Å². The third-order valence-corrected chi connectivity index (χ3v) is 11.7. The maximum atomic E-state index is 14.3. The average Bonchev–Trinajstić information content (AvgIpc) is 3.22. The quantitative estimate of drug-likeness (QED) is 0.0375. The van der Waals surface area contributed by atoms with Crippen LogP contribution < -0.4 is 10.2 Å². The zero-order valence-electron chi connectivity index (χ0n) is 38.6. The second kappa shape index (κ2) is 33.3. The topological polar surface area (TPSA) is 153 Å². The fourth-order valence-corrected chi connectivity index (χ4v) is 8.09. The van der Waals surface area contributed by atoms with Gasteiger partial charge in [0.2, 0.25) is 0 Å². The van der Waals surface area contributed by atoms with Crippen LogP contribution in [0, 0.1) is 0 Å². The van der Waals surface area contributed by atoms with E-state index in [9.17, 15) is 34.5 Å². The summed E-state index contributed by atoms with van der Waals surface area (Å²) in [7, 11) is 0. The van der Waals surface area contributed by atoms with E-state index in [2.05, 4.69) is 19.2 Å². The lowest BCUT2D eigenvalue weighted by atomic mass is 9.77. The Morgan fingerprint density at radius 3 is 1.46 bits per heavy atom. The highest BCUT2D eigenvalue weighted by Crippen LogP contribution is 2.27. The van der Waals surface area contributed by atoms with Gasteiger partial charge in [-0.3, -0.25) is 14.4 Å². The fourth-order valence-electron chi connectivity index (χ4n) is 7.68. The normalized spacial score (nSPS) is 14.2. The van der Waals surface area contributed by atoms with Gasteiger partial charge in [0, 0.05) is 43.4 Å². The number of carbonyl (C=O) groups excluding carboxylic acids is 4. The Kier molecular flexibility index (Phi) is 31.0. The van der Waals surface area contributed by atoms with Crippen LogP contribution in [0.3, 0.4) is 0 Å². The molecule has 0 saturated heterocycles. The van der Waals surface area contributed by atoms with Crippen molar-refractivity contribution in [3.63, 3.8) is 0 Å². The number of benzene rings is 1. The van der Waals surface area contributed by atoms with Crippen LogP contribution in [0.5, 0.6) is 0 Å². The van der Waals surface area contributed by atoms with Crippen molar-refractivity contribution < 1.29 is 39.2 Å². The number of hydrogen-bond donors (Lipinski definition) is 4. The number of ketones is 3. The lowest BCUT2D eigenvalue weighted by Gasteiger charge is -2.36. The van der Waals surface area contributed by atoms with Gasteiger partial charge in [-0.25, -0.2) is 4.79 Å². The Balaban J connectivity index is 3.21. The molecule has 0 aromatic heterocycles. The minimum Gasteiger partial charge on any atom is -0.444 e. The van der Waals surface area contributed by atoms with Gasteiger partial charge in [-0.05, 0) is 57.7 Å². The number of ether oxygens (including phenoxy) is 1. The number of Topliss-reactive ketones (excluding diaryl/α,β-unsaturated/α-hetero) is 3. The Morgan fingerprint density at radius 1 is 0.639 bits per heavy atom. The lowest BCUT2D eigenvalue weighted by Crippen LogP contribution is -2.65. The zero-order valence-corrected chi connectivity index (χ0v) is 40.1. The molecule has 352 valence electrons. The highest BCUT2D eigenvalue weighted by atomic mass is 35.5. The van der Waals surface area contributed by atoms with Crippen molar-refractivity contribution >= 4 is 52.3 Å². The molecule has 61 heavy (non-hydrogen) atoms. The van der Waals surface area contributed by atoms with E-state index in [-0.39, 0.29) is 19.3 Å². The van der Waals surface area contributed by atoms with Crippen LogP contribution in [-0.2, 0) is 25.5 Å². The predicted molar refractivity (Wildman–Crippen MR) is 251 cm³/mol. The summed E-state index contributed by atoms with van der Waals surface area (Å²) >= 11 is 12.0. The summed E-state index contributed by atoms with van der Waals surface area (Å²) in [5, 5.41) is 37.8. The van der Waals surface area contributed by atoms with Crippen LogP contribution in [0.25, 0.3) is 0 Å². The number of alkyl carbamates (subject to hydrolysis) is 1. The number of alkyl halides is 2. The molecule has 0 bridgehead atoms. The smallest absolute Gasteiger partial charge is 0.408 e. The van der Waals surface area contributed by atoms with Crippen LogP contribution in [0.15, 0.2) is 24.3 Å². The molecular weight excluding hydrogens is 815 g/mol. The summed E-state index contributed by atoms with van der Waals surface area (Å²) in [6.45, 7) is 10.5. The summed E-state index contributed by atoms with van der Waals surface area (Å²) in [6, 6.07) is 5.66. The van der Waals surface area contributed by atoms with E-state index in [1.54, 1.807) is 32.9 Å². The van der Waals surface area contributed by atoms with Gasteiger partial charge in [-0.2, -0.15) is 0 Å². The summed E-state index contributed by atoms with van der Waals surface area (Å²) in [5.74, 6) is -2.15. The molecule has 4 atom stereocenters. The van der Waals surface area contributed by atoms with E-state index < -0.39 is 52.9 Å². The highest BCUT2D eigenvalue weighted by molar-refractivity contribution is 6.18. The maximum Gasteiger partial charge on any atom is 0.408 e. The summed E-state index contributed by atoms with van der Waals surface area (Å²) < 4.78 is 5.44. The highest BCUT2D eigenvalue weighted by Gasteiger charge is 2.55. The molecule has 1 amide bonds. The third kappa shape index (κ3) is 23.9. The second-order valence-electron chi connectivity index (χ2n) is 17.9. The largest absolute Gasteiger partial charge is 0.444 e. The van der Waals surface area contributed by atoms with Crippen molar-refractivity contribution in [2.24, 2.45) is 0 Å². The first-order valence-electron chi connectivity index (χ1n) is 23.8. The number of unbranched alkanes of at least 4 members (excludes halogenated alkanes) is 20. The van der Waals surface area contributed by atoms with E-state index in [1.165, 1.54) is 70.6 Å².